The summed E-state index contributed by atoms with van der Waals surface area (Å²) in [5.41, 5.74) is 5.56. The van der Waals surface area contributed by atoms with Crippen molar-refractivity contribution in [2.75, 3.05) is 0 Å². The van der Waals surface area contributed by atoms with Gasteiger partial charge in [-0.05, 0) is 26.2 Å². The molecule has 0 aromatic rings. The number of carbonyl (C=O) groups is 7. The van der Waals surface area contributed by atoms with E-state index in [9.17, 15) is 43.8 Å². The van der Waals surface area contributed by atoms with E-state index in [0.29, 0.717) is 0 Å². The number of hydrogen-bond acceptors (Lipinski definition) is 9. The lowest BCUT2D eigenvalue weighted by Crippen LogP contribution is -2.59. The fourth-order valence-corrected chi connectivity index (χ4v) is 2.67. The van der Waals surface area contributed by atoms with E-state index < -0.39 is 104 Å². The number of aliphatic hydroxyl groups is 1. The van der Waals surface area contributed by atoms with Crippen LogP contribution in [0.25, 0.3) is 0 Å². The molecular weight excluding hydrogens is 476 g/mol. The van der Waals surface area contributed by atoms with E-state index >= 15 is 0 Å². The Balaban J connectivity index is 5.49. The van der Waals surface area contributed by atoms with Crippen LogP contribution in [0, 0.1) is 0 Å². The van der Waals surface area contributed by atoms with Gasteiger partial charge in [-0.15, -0.1) is 0 Å². The van der Waals surface area contributed by atoms with E-state index in [-0.39, 0.29) is 6.42 Å². The normalized spacial score (nSPS) is 14.9. The molecule has 16 nitrogen and oxygen atoms in total. The summed E-state index contributed by atoms with van der Waals surface area (Å²) in [6.07, 6.45) is -4.46. The number of carboxylic acid groups (broad SMARTS) is 4. The summed E-state index contributed by atoms with van der Waals surface area (Å²) >= 11 is 0. The van der Waals surface area contributed by atoms with E-state index in [1.165, 1.54) is 0 Å². The van der Waals surface area contributed by atoms with Gasteiger partial charge in [-0.1, -0.05) is 0 Å². The quantitative estimate of drug-likeness (QED) is 0.0942. The van der Waals surface area contributed by atoms with Crippen LogP contribution in [-0.4, -0.2) is 97.4 Å². The first-order chi connectivity index (χ1) is 16.1. The van der Waals surface area contributed by atoms with Gasteiger partial charge in [-0.2, -0.15) is 0 Å². The Hall–Kier alpha value is -3.79. The van der Waals surface area contributed by atoms with E-state index in [0.717, 1.165) is 6.92 Å². The number of carbonyl (C=O) groups excluding carboxylic acids is 3. The first kappa shape index (κ1) is 31.2. The summed E-state index contributed by atoms with van der Waals surface area (Å²) in [6, 6.07) is -6.29. The number of amides is 3. The molecule has 0 aliphatic rings. The van der Waals surface area contributed by atoms with Crippen LogP contribution in [-0.2, 0) is 33.6 Å². The van der Waals surface area contributed by atoms with Gasteiger partial charge < -0.3 is 47.2 Å². The summed E-state index contributed by atoms with van der Waals surface area (Å²) in [4.78, 5) is 81.0. The third-order valence-electron chi connectivity index (χ3n) is 4.61. The summed E-state index contributed by atoms with van der Waals surface area (Å²) < 4.78 is 0. The smallest absolute Gasteiger partial charge is 0.326 e. The summed E-state index contributed by atoms with van der Waals surface area (Å²) in [7, 11) is 0. The number of aliphatic hydroxyl groups excluding tert-OH is 1. The maximum absolute atomic E-state index is 12.7. The molecule has 0 radical (unpaired) electrons. The van der Waals surface area contributed by atoms with E-state index in [1.54, 1.807) is 0 Å². The minimum atomic E-state index is -1.68. The average molecular weight is 506 g/mol. The standard InChI is InChI=1S/C19H30N4O12/c1-8(24)15(23-16(31)9(20)2-5-12(25)26)18(33)21-10(3-6-13(27)28)17(32)22-11(19(34)35)4-7-14(29)30/h8-11,15,24H,2-7,20H2,1H3,(H,21,33)(H,22,32)(H,23,31)(H,25,26)(H,27,28)(H,29,30)(H,34,35). The second-order valence-electron chi connectivity index (χ2n) is 7.59. The molecule has 3 amide bonds. The number of rotatable bonds is 17. The third-order valence-corrected chi connectivity index (χ3v) is 4.61. The van der Waals surface area contributed by atoms with Gasteiger partial charge in [0.1, 0.15) is 18.1 Å². The van der Waals surface area contributed by atoms with Crippen LogP contribution in [0.4, 0.5) is 0 Å². The van der Waals surface area contributed by atoms with Gasteiger partial charge in [0.25, 0.3) is 0 Å². The van der Waals surface area contributed by atoms with E-state index in [4.69, 9.17) is 21.1 Å². The molecule has 5 unspecified atom stereocenters. The molecule has 0 aromatic heterocycles. The fourth-order valence-electron chi connectivity index (χ4n) is 2.67. The van der Waals surface area contributed by atoms with E-state index in [1.807, 2.05) is 5.32 Å². The highest BCUT2D eigenvalue weighted by Gasteiger charge is 2.32. The summed E-state index contributed by atoms with van der Waals surface area (Å²) in [5, 5.41) is 51.6. The maximum atomic E-state index is 12.7. The maximum Gasteiger partial charge on any atom is 0.326 e. The van der Waals surface area contributed by atoms with Gasteiger partial charge in [0, 0.05) is 19.3 Å². The monoisotopic (exact) mass is 506 g/mol. The third kappa shape index (κ3) is 12.9. The molecule has 35 heavy (non-hydrogen) atoms. The van der Waals surface area contributed by atoms with Crippen molar-refractivity contribution in [2.45, 2.75) is 75.7 Å². The molecule has 0 aromatic carbocycles. The predicted molar refractivity (Wildman–Crippen MR) is 114 cm³/mol. The Morgan fingerprint density at radius 2 is 1.09 bits per heavy atom. The van der Waals surface area contributed by atoms with Crippen molar-refractivity contribution in [1.82, 2.24) is 16.0 Å². The SMILES string of the molecule is CC(O)C(NC(=O)C(N)CCC(=O)O)C(=O)NC(CCC(=O)O)C(=O)NC(CCC(=O)O)C(=O)O. The number of hydrogen-bond donors (Lipinski definition) is 9. The van der Waals surface area contributed by atoms with Crippen molar-refractivity contribution in [1.29, 1.82) is 0 Å². The Bertz CT molecular complexity index is 816. The molecule has 198 valence electrons. The number of carboxylic acids is 4. The zero-order chi connectivity index (χ0) is 27.3. The minimum Gasteiger partial charge on any atom is -0.481 e. The molecule has 0 saturated heterocycles. The fraction of sp³-hybridized carbons (Fsp3) is 0.632. The second-order valence-corrected chi connectivity index (χ2v) is 7.59. The largest absolute Gasteiger partial charge is 0.481 e. The molecule has 0 bridgehead atoms. The highest BCUT2D eigenvalue weighted by molar-refractivity contribution is 5.94. The molecule has 5 atom stereocenters. The molecule has 16 heteroatoms. The molecule has 0 rings (SSSR count). The Morgan fingerprint density at radius 3 is 1.51 bits per heavy atom. The van der Waals surface area contributed by atoms with Crippen LogP contribution in [0.5, 0.6) is 0 Å². The van der Waals surface area contributed by atoms with Crippen LogP contribution < -0.4 is 21.7 Å². The van der Waals surface area contributed by atoms with Crippen molar-refractivity contribution in [2.24, 2.45) is 5.73 Å². The lowest BCUT2D eigenvalue weighted by atomic mass is 10.1. The number of aliphatic carboxylic acids is 4. The van der Waals surface area contributed by atoms with Crippen LogP contribution >= 0.6 is 0 Å². The number of nitrogens with one attached hydrogen (secondary N) is 3. The molecule has 0 heterocycles. The molecular formula is C19H30N4O12. The molecule has 0 spiro atoms. The lowest BCUT2D eigenvalue weighted by molar-refractivity contribution is -0.144. The first-order valence-corrected chi connectivity index (χ1v) is 10.4. The van der Waals surface area contributed by atoms with Gasteiger partial charge in [0.2, 0.25) is 17.7 Å². The van der Waals surface area contributed by atoms with Crippen LogP contribution in [0.1, 0.15) is 45.4 Å². The molecule has 0 saturated carbocycles. The number of nitrogens with two attached hydrogens (primary N) is 1. The van der Waals surface area contributed by atoms with Crippen LogP contribution in [0.3, 0.4) is 0 Å². The lowest BCUT2D eigenvalue weighted by Gasteiger charge is -2.26. The summed E-state index contributed by atoms with van der Waals surface area (Å²) in [5.74, 6) is -8.69. The predicted octanol–water partition coefficient (Wildman–Crippen LogP) is -3.17. The van der Waals surface area contributed by atoms with Crippen molar-refractivity contribution >= 4 is 41.6 Å². The Labute approximate surface area is 198 Å². The van der Waals surface area contributed by atoms with Crippen molar-refractivity contribution in [3.63, 3.8) is 0 Å². The molecule has 0 aliphatic heterocycles. The zero-order valence-electron chi connectivity index (χ0n) is 18.8. The van der Waals surface area contributed by atoms with Gasteiger partial charge in [0.15, 0.2) is 0 Å². The first-order valence-electron chi connectivity index (χ1n) is 10.4. The Morgan fingerprint density at radius 1 is 0.657 bits per heavy atom. The Kier molecular flexibility index (Phi) is 13.5. The highest BCUT2D eigenvalue weighted by atomic mass is 16.4. The minimum absolute atomic E-state index is 0.272. The molecule has 0 aliphatic carbocycles. The van der Waals surface area contributed by atoms with Gasteiger partial charge in [-0.3, -0.25) is 28.8 Å². The molecule has 0 fully saturated rings. The van der Waals surface area contributed by atoms with Crippen LogP contribution in [0.15, 0.2) is 0 Å². The van der Waals surface area contributed by atoms with Crippen LogP contribution in [0.2, 0.25) is 0 Å². The van der Waals surface area contributed by atoms with Crippen molar-refractivity contribution in [3.8, 4) is 0 Å². The van der Waals surface area contributed by atoms with Gasteiger partial charge in [-0.25, -0.2) is 4.79 Å². The van der Waals surface area contributed by atoms with Crippen molar-refractivity contribution in [3.05, 3.63) is 0 Å². The van der Waals surface area contributed by atoms with Gasteiger partial charge in [0.05, 0.1) is 12.1 Å². The zero-order valence-corrected chi connectivity index (χ0v) is 18.8. The second kappa shape index (κ2) is 15.2. The van der Waals surface area contributed by atoms with Crippen molar-refractivity contribution < 1.29 is 59.1 Å². The van der Waals surface area contributed by atoms with E-state index in [2.05, 4.69) is 10.6 Å². The topological polar surface area (TPSA) is 283 Å². The molecule has 10 N–H and O–H groups in total. The van der Waals surface area contributed by atoms with Gasteiger partial charge >= 0.3 is 23.9 Å². The highest BCUT2D eigenvalue weighted by Crippen LogP contribution is 2.05. The summed E-state index contributed by atoms with van der Waals surface area (Å²) in [6.45, 7) is 1.12. The average Bonchev–Trinajstić information content (AvgIpc) is 2.74.